The highest BCUT2D eigenvalue weighted by molar-refractivity contribution is 5.68. The van der Waals surface area contributed by atoms with Gasteiger partial charge >= 0.3 is 0 Å². The highest BCUT2D eigenvalue weighted by Crippen LogP contribution is 2.25. The maximum Gasteiger partial charge on any atom is 0.0471 e. The van der Waals surface area contributed by atoms with Crippen molar-refractivity contribution in [3.05, 3.63) is 59.7 Å². The summed E-state index contributed by atoms with van der Waals surface area (Å²) >= 11 is 0. The smallest absolute Gasteiger partial charge is 0.0471 e. The fourth-order valence-electron chi connectivity index (χ4n) is 2.10. The SMILES string of the molecule is CCc1ccc(CCO)cc1-c1ccccc1. The molecule has 2 aromatic carbocycles. The van der Waals surface area contributed by atoms with Gasteiger partial charge in [-0.25, -0.2) is 0 Å². The van der Waals surface area contributed by atoms with Gasteiger partial charge < -0.3 is 5.11 Å². The minimum atomic E-state index is 0.208. The van der Waals surface area contributed by atoms with E-state index in [1.54, 1.807) is 0 Å². The molecule has 88 valence electrons. The molecule has 1 heteroatoms. The second-order valence-corrected chi connectivity index (χ2v) is 4.18. The number of hydrogen-bond acceptors (Lipinski definition) is 1. The van der Waals surface area contributed by atoms with Crippen molar-refractivity contribution in [1.29, 1.82) is 0 Å². The van der Waals surface area contributed by atoms with Crippen LogP contribution >= 0.6 is 0 Å². The van der Waals surface area contributed by atoms with E-state index < -0.39 is 0 Å². The average Bonchev–Trinajstić information content (AvgIpc) is 2.40. The molecule has 0 saturated carbocycles. The first-order chi connectivity index (χ1) is 8.35. The normalized spacial score (nSPS) is 10.5. The molecule has 0 spiro atoms. The number of aliphatic hydroxyl groups is 1. The lowest BCUT2D eigenvalue weighted by Crippen LogP contribution is -1.94. The molecule has 0 aliphatic carbocycles. The third-order valence-electron chi connectivity index (χ3n) is 3.04. The standard InChI is InChI=1S/C16H18O/c1-2-14-9-8-13(10-11-17)12-16(14)15-6-4-3-5-7-15/h3-9,12,17H,2,10-11H2,1H3. The predicted octanol–water partition coefficient (Wildman–Crippen LogP) is 3.45. The van der Waals surface area contributed by atoms with Crippen LogP contribution in [0.5, 0.6) is 0 Å². The Hall–Kier alpha value is -1.60. The molecule has 2 rings (SSSR count). The number of rotatable bonds is 4. The number of aliphatic hydroxyl groups excluding tert-OH is 1. The summed E-state index contributed by atoms with van der Waals surface area (Å²) in [5.41, 5.74) is 5.10. The van der Waals surface area contributed by atoms with Crippen LogP contribution in [0.25, 0.3) is 11.1 Å². The Kier molecular flexibility index (Phi) is 3.94. The van der Waals surface area contributed by atoms with Crippen molar-refractivity contribution in [3.63, 3.8) is 0 Å². The van der Waals surface area contributed by atoms with Crippen LogP contribution in [0.3, 0.4) is 0 Å². The van der Waals surface area contributed by atoms with Gasteiger partial charge in [0, 0.05) is 6.61 Å². The number of hydrogen-bond donors (Lipinski definition) is 1. The maximum absolute atomic E-state index is 9.01. The number of aryl methyl sites for hydroxylation is 1. The Labute approximate surface area is 103 Å². The molecule has 1 nitrogen and oxygen atoms in total. The van der Waals surface area contributed by atoms with E-state index >= 15 is 0 Å². The van der Waals surface area contributed by atoms with Gasteiger partial charge in [-0.2, -0.15) is 0 Å². The first kappa shape index (κ1) is 11.9. The van der Waals surface area contributed by atoms with Crippen molar-refractivity contribution < 1.29 is 5.11 Å². The largest absolute Gasteiger partial charge is 0.396 e. The van der Waals surface area contributed by atoms with E-state index in [0.29, 0.717) is 0 Å². The van der Waals surface area contributed by atoms with Crippen LogP contribution in [0.2, 0.25) is 0 Å². The van der Waals surface area contributed by atoms with Gasteiger partial charge in [0.2, 0.25) is 0 Å². The Morgan fingerprint density at radius 3 is 2.41 bits per heavy atom. The van der Waals surface area contributed by atoms with E-state index in [0.717, 1.165) is 12.8 Å². The van der Waals surface area contributed by atoms with Crippen molar-refractivity contribution in [2.24, 2.45) is 0 Å². The van der Waals surface area contributed by atoms with Gasteiger partial charge in [0.1, 0.15) is 0 Å². The summed E-state index contributed by atoms with van der Waals surface area (Å²) in [4.78, 5) is 0. The van der Waals surface area contributed by atoms with Gasteiger partial charge in [0.15, 0.2) is 0 Å². The first-order valence-electron chi connectivity index (χ1n) is 6.13. The summed E-state index contributed by atoms with van der Waals surface area (Å²) in [5.74, 6) is 0. The third-order valence-corrected chi connectivity index (χ3v) is 3.04. The molecular formula is C16H18O. The molecule has 0 saturated heterocycles. The second kappa shape index (κ2) is 5.65. The molecule has 0 fully saturated rings. The zero-order valence-corrected chi connectivity index (χ0v) is 10.2. The molecule has 0 aromatic heterocycles. The first-order valence-corrected chi connectivity index (χ1v) is 6.13. The van der Waals surface area contributed by atoms with Crippen molar-refractivity contribution >= 4 is 0 Å². The highest BCUT2D eigenvalue weighted by Gasteiger charge is 2.04. The molecule has 0 unspecified atom stereocenters. The lowest BCUT2D eigenvalue weighted by atomic mass is 9.95. The molecule has 0 aliphatic rings. The predicted molar refractivity (Wildman–Crippen MR) is 72.0 cm³/mol. The van der Waals surface area contributed by atoms with Crippen LogP contribution < -0.4 is 0 Å². The number of benzene rings is 2. The van der Waals surface area contributed by atoms with Crippen LogP contribution in [0.15, 0.2) is 48.5 Å². The van der Waals surface area contributed by atoms with Crippen molar-refractivity contribution in [2.45, 2.75) is 19.8 Å². The van der Waals surface area contributed by atoms with Crippen LogP contribution in [0.4, 0.5) is 0 Å². The molecule has 1 N–H and O–H groups in total. The monoisotopic (exact) mass is 226 g/mol. The molecule has 17 heavy (non-hydrogen) atoms. The maximum atomic E-state index is 9.01. The molecule has 2 aromatic rings. The van der Waals surface area contributed by atoms with Crippen LogP contribution in [0, 0.1) is 0 Å². The van der Waals surface area contributed by atoms with Gasteiger partial charge in [-0.15, -0.1) is 0 Å². The Morgan fingerprint density at radius 2 is 1.76 bits per heavy atom. The molecular weight excluding hydrogens is 208 g/mol. The lowest BCUT2D eigenvalue weighted by Gasteiger charge is -2.10. The van der Waals surface area contributed by atoms with Gasteiger partial charge in [0.05, 0.1) is 0 Å². The summed E-state index contributed by atoms with van der Waals surface area (Å²) in [7, 11) is 0. The minimum absolute atomic E-state index is 0.208. The van der Waals surface area contributed by atoms with Crippen molar-refractivity contribution in [1.82, 2.24) is 0 Å². The summed E-state index contributed by atoms with van der Waals surface area (Å²) in [6.45, 7) is 2.38. The van der Waals surface area contributed by atoms with Crippen LogP contribution in [0.1, 0.15) is 18.1 Å². The fourth-order valence-corrected chi connectivity index (χ4v) is 2.10. The average molecular weight is 226 g/mol. The highest BCUT2D eigenvalue weighted by atomic mass is 16.2. The summed E-state index contributed by atoms with van der Waals surface area (Å²) in [6, 6.07) is 16.9. The Bertz CT molecular complexity index is 474. The zero-order valence-electron chi connectivity index (χ0n) is 10.2. The van der Waals surface area contributed by atoms with E-state index in [-0.39, 0.29) is 6.61 Å². The zero-order chi connectivity index (χ0) is 12.1. The van der Waals surface area contributed by atoms with Crippen LogP contribution in [-0.4, -0.2) is 11.7 Å². The Balaban J connectivity index is 2.46. The third kappa shape index (κ3) is 2.75. The topological polar surface area (TPSA) is 20.2 Å². The van der Waals surface area contributed by atoms with E-state index in [2.05, 4.69) is 49.4 Å². The molecule has 0 amide bonds. The molecule has 0 bridgehead atoms. The summed E-state index contributed by atoms with van der Waals surface area (Å²) in [6.07, 6.45) is 1.76. The van der Waals surface area contributed by atoms with E-state index in [9.17, 15) is 0 Å². The summed E-state index contributed by atoms with van der Waals surface area (Å²) in [5, 5.41) is 9.01. The van der Waals surface area contributed by atoms with Gasteiger partial charge in [-0.3, -0.25) is 0 Å². The Morgan fingerprint density at radius 1 is 1.00 bits per heavy atom. The van der Waals surface area contributed by atoms with Gasteiger partial charge in [-0.1, -0.05) is 55.5 Å². The van der Waals surface area contributed by atoms with E-state index in [1.807, 2.05) is 6.07 Å². The molecule has 0 radical (unpaired) electrons. The van der Waals surface area contributed by atoms with Crippen molar-refractivity contribution in [2.75, 3.05) is 6.61 Å². The summed E-state index contributed by atoms with van der Waals surface area (Å²) < 4.78 is 0. The fraction of sp³-hybridized carbons (Fsp3) is 0.250. The van der Waals surface area contributed by atoms with E-state index in [1.165, 1.54) is 22.3 Å². The second-order valence-electron chi connectivity index (χ2n) is 4.18. The van der Waals surface area contributed by atoms with E-state index in [4.69, 9.17) is 5.11 Å². The van der Waals surface area contributed by atoms with Gasteiger partial charge in [0.25, 0.3) is 0 Å². The molecule has 0 atom stereocenters. The minimum Gasteiger partial charge on any atom is -0.396 e. The molecule has 0 heterocycles. The molecule has 0 aliphatic heterocycles. The lowest BCUT2D eigenvalue weighted by molar-refractivity contribution is 0.299. The van der Waals surface area contributed by atoms with Crippen LogP contribution in [-0.2, 0) is 12.8 Å². The van der Waals surface area contributed by atoms with Gasteiger partial charge in [-0.05, 0) is 35.1 Å². The quantitative estimate of drug-likeness (QED) is 0.846. The van der Waals surface area contributed by atoms with Crippen molar-refractivity contribution in [3.8, 4) is 11.1 Å².